The van der Waals surface area contributed by atoms with Crippen molar-refractivity contribution in [3.05, 3.63) is 46.4 Å². The Balaban J connectivity index is 2.01. The van der Waals surface area contributed by atoms with E-state index in [9.17, 15) is 5.11 Å². The van der Waals surface area contributed by atoms with Crippen molar-refractivity contribution in [2.45, 2.75) is 19.6 Å². The summed E-state index contributed by atoms with van der Waals surface area (Å²) >= 11 is 1.57. The molecule has 0 saturated carbocycles. The van der Waals surface area contributed by atoms with Crippen LogP contribution in [0.15, 0.2) is 35.8 Å². The van der Waals surface area contributed by atoms with Crippen LogP contribution in [0.25, 0.3) is 0 Å². The molecular weight excluding hydrogens is 222 g/mol. The fourth-order valence-electron chi connectivity index (χ4n) is 1.33. The molecule has 0 aliphatic heterocycles. The molecule has 84 valence electrons. The maximum absolute atomic E-state index is 9.43. The molecule has 0 radical (unpaired) electrons. The van der Waals surface area contributed by atoms with E-state index in [1.807, 2.05) is 29.6 Å². The Kier molecular flexibility index (Phi) is 3.54. The van der Waals surface area contributed by atoms with E-state index in [-0.39, 0.29) is 0 Å². The standard InChI is InChI=1S/C12H13NO2S/c1-9(14)10-3-2-4-11(7-10)15-8-12-13-5-6-16-12/h2-7,9,14H,8H2,1H3. The molecule has 16 heavy (non-hydrogen) atoms. The Bertz CT molecular complexity index is 440. The first-order valence-corrected chi connectivity index (χ1v) is 5.93. The van der Waals surface area contributed by atoms with E-state index in [1.54, 1.807) is 24.5 Å². The summed E-state index contributed by atoms with van der Waals surface area (Å²) in [7, 11) is 0. The first-order chi connectivity index (χ1) is 7.75. The SMILES string of the molecule is CC(O)c1cccc(OCc2nccs2)c1. The van der Waals surface area contributed by atoms with Crippen LogP contribution in [0.2, 0.25) is 0 Å². The van der Waals surface area contributed by atoms with Crippen molar-refractivity contribution < 1.29 is 9.84 Å². The summed E-state index contributed by atoms with van der Waals surface area (Å²) in [6.07, 6.45) is 1.29. The van der Waals surface area contributed by atoms with Crippen LogP contribution in [-0.2, 0) is 6.61 Å². The van der Waals surface area contributed by atoms with Gasteiger partial charge in [-0.15, -0.1) is 11.3 Å². The number of aliphatic hydroxyl groups excluding tert-OH is 1. The minimum Gasteiger partial charge on any atom is -0.486 e. The Labute approximate surface area is 98.4 Å². The minimum atomic E-state index is -0.469. The zero-order chi connectivity index (χ0) is 11.4. The number of hydrogen-bond donors (Lipinski definition) is 1. The normalized spacial score (nSPS) is 12.4. The van der Waals surface area contributed by atoms with Crippen LogP contribution in [0.1, 0.15) is 23.6 Å². The van der Waals surface area contributed by atoms with E-state index in [0.717, 1.165) is 16.3 Å². The molecule has 1 heterocycles. The van der Waals surface area contributed by atoms with Crippen LogP contribution in [-0.4, -0.2) is 10.1 Å². The maximum Gasteiger partial charge on any atom is 0.140 e. The van der Waals surface area contributed by atoms with Gasteiger partial charge in [0.05, 0.1) is 6.10 Å². The lowest BCUT2D eigenvalue weighted by Crippen LogP contribution is -1.96. The molecular formula is C12H13NO2S. The maximum atomic E-state index is 9.43. The molecule has 3 nitrogen and oxygen atoms in total. The fourth-order valence-corrected chi connectivity index (χ4v) is 1.86. The molecule has 2 aromatic rings. The molecule has 1 unspecified atom stereocenters. The Hall–Kier alpha value is -1.39. The van der Waals surface area contributed by atoms with Crippen LogP contribution in [0.3, 0.4) is 0 Å². The molecule has 0 aliphatic rings. The van der Waals surface area contributed by atoms with Gasteiger partial charge in [0.2, 0.25) is 0 Å². The number of aromatic nitrogens is 1. The van der Waals surface area contributed by atoms with E-state index in [2.05, 4.69) is 4.98 Å². The smallest absolute Gasteiger partial charge is 0.140 e. The van der Waals surface area contributed by atoms with Gasteiger partial charge in [-0.2, -0.15) is 0 Å². The Morgan fingerprint density at radius 1 is 1.50 bits per heavy atom. The minimum absolute atomic E-state index is 0.469. The molecule has 0 bridgehead atoms. The van der Waals surface area contributed by atoms with Crippen molar-refractivity contribution in [2.75, 3.05) is 0 Å². The van der Waals surface area contributed by atoms with Gasteiger partial charge in [-0.3, -0.25) is 0 Å². The van der Waals surface area contributed by atoms with E-state index < -0.39 is 6.10 Å². The second kappa shape index (κ2) is 5.09. The summed E-state index contributed by atoms with van der Waals surface area (Å²) in [5, 5.41) is 12.3. The zero-order valence-corrected chi connectivity index (χ0v) is 9.78. The van der Waals surface area contributed by atoms with Crippen LogP contribution >= 0.6 is 11.3 Å². The number of benzene rings is 1. The predicted octanol–water partition coefficient (Wildman–Crippen LogP) is 2.78. The lowest BCUT2D eigenvalue weighted by Gasteiger charge is -2.08. The molecule has 0 fully saturated rings. The summed E-state index contributed by atoms with van der Waals surface area (Å²) in [5.41, 5.74) is 0.858. The third-order valence-electron chi connectivity index (χ3n) is 2.19. The third-order valence-corrected chi connectivity index (χ3v) is 2.94. The van der Waals surface area contributed by atoms with E-state index in [0.29, 0.717) is 6.61 Å². The number of rotatable bonds is 4. The molecule has 0 saturated heterocycles. The molecule has 0 spiro atoms. The van der Waals surface area contributed by atoms with Crippen molar-refractivity contribution in [2.24, 2.45) is 0 Å². The highest BCUT2D eigenvalue weighted by molar-refractivity contribution is 7.09. The molecule has 0 aliphatic carbocycles. The van der Waals surface area contributed by atoms with Gasteiger partial charge in [-0.05, 0) is 24.6 Å². The van der Waals surface area contributed by atoms with Crippen molar-refractivity contribution in [3.8, 4) is 5.75 Å². The number of thiazole rings is 1. The summed E-state index contributed by atoms with van der Waals surface area (Å²) in [4.78, 5) is 4.13. The number of nitrogens with zero attached hydrogens (tertiary/aromatic N) is 1. The average Bonchev–Trinajstić information content (AvgIpc) is 2.79. The van der Waals surface area contributed by atoms with Crippen molar-refractivity contribution >= 4 is 11.3 Å². The lowest BCUT2D eigenvalue weighted by atomic mass is 10.1. The lowest BCUT2D eigenvalue weighted by molar-refractivity contribution is 0.198. The molecule has 1 aromatic heterocycles. The first kappa shape index (κ1) is 11.1. The van der Waals surface area contributed by atoms with E-state index in [4.69, 9.17) is 4.74 Å². The van der Waals surface area contributed by atoms with Gasteiger partial charge in [-0.25, -0.2) is 4.98 Å². The highest BCUT2D eigenvalue weighted by Crippen LogP contribution is 2.20. The molecule has 4 heteroatoms. The van der Waals surface area contributed by atoms with Crippen LogP contribution < -0.4 is 4.74 Å². The van der Waals surface area contributed by atoms with Gasteiger partial charge in [0, 0.05) is 11.6 Å². The zero-order valence-electron chi connectivity index (χ0n) is 8.96. The number of hydrogen-bond acceptors (Lipinski definition) is 4. The van der Waals surface area contributed by atoms with Gasteiger partial charge in [-0.1, -0.05) is 12.1 Å². The van der Waals surface area contributed by atoms with Crippen molar-refractivity contribution in [1.82, 2.24) is 4.98 Å². The van der Waals surface area contributed by atoms with E-state index in [1.165, 1.54) is 0 Å². The topological polar surface area (TPSA) is 42.4 Å². The molecule has 1 N–H and O–H groups in total. The highest BCUT2D eigenvalue weighted by atomic mass is 32.1. The summed E-state index contributed by atoms with van der Waals surface area (Å²) in [5.74, 6) is 0.758. The van der Waals surface area contributed by atoms with Crippen LogP contribution in [0, 0.1) is 0 Å². The number of aliphatic hydroxyl groups is 1. The summed E-state index contributed by atoms with van der Waals surface area (Å²) in [6, 6.07) is 7.47. The van der Waals surface area contributed by atoms with Gasteiger partial charge in [0.1, 0.15) is 17.4 Å². The molecule has 1 atom stereocenters. The average molecular weight is 235 g/mol. The molecule has 0 amide bonds. The van der Waals surface area contributed by atoms with E-state index >= 15 is 0 Å². The van der Waals surface area contributed by atoms with Gasteiger partial charge in [0.15, 0.2) is 0 Å². The molecule has 2 rings (SSSR count). The number of ether oxygens (including phenoxy) is 1. The second-order valence-corrected chi connectivity index (χ2v) is 4.44. The largest absolute Gasteiger partial charge is 0.486 e. The van der Waals surface area contributed by atoms with Gasteiger partial charge >= 0.3 is 0 Å². The third kappa shape index (κ3) is 2.81. The van der Waals surface area contributed by atoms with Gasteiger partial charge < -0.3 is 9.84 Å². The fraction of sp³-hybridized carbons (Fsp3) is 0.250. The Morgan fingerprint density at radius 3 is 3.06 bits per heavy atom. The predicted molar refractivity (Wildman–Crippen MR) is 63.5 cm³/mol. The highest BCUT2D eigenvalue weighted by Gasteiger charge is 2.03. The van der Waals surface area contributed by atoms with Crippen LogP contribution in [0.5, 0.6) is 5.75 Å². The van der Waals surface area contributed by atoms with Crippen LogP contribution in [0.4, 0.5) is 0 Å². The second-order valence-electron chi connectivity index (χ2n) is 3.46. The first-order valence-electron chi connectivity index (χ1n) is 5.05. The quantitative estimate of drug-likeness (QED) is 0.886. The Morgan fingerprint density at radius 2 is 2.38 bits per heavy atom. The monoisotopic (exact) mass is 235 g/mol. The summed E-state index contributed by atoms with van der Waals surface area (Å²) in [6.45, 7) is 2.21. The van der Waals surface area contributed by atoms with Crippen molar-refractivity contribution in [1.29, 1.82) is 0 Å². The van der Waals surface area contributed by atoms with Gasteiger partial charge in [0.25, 0.3) is 0 Å². The summed E-state index contributed by atoms with van der Waals surface area (Å²) < 4.78 is 5.58. The van der Waals surface area contributed by atoms with Crippen molar-refractivity contribution in [3.63, 3.8) is 0 Å². The molecule has 1 aromatic carbocycles.